The molecule has 13 heavy (non-hydrogen) atoms. The molecule has 0 aliphatic heterocycles. The Kier molecular flexibility index (Phi) is 2.68. The summed E-state index contributed by atoms with van der Waals surface area (Å²) in [6, 6.07) is 0. The lowest BCUT2D eigenvalue weighted by Gasteiger charge is -2.23. The maximum absolute atomic E-state index is 3.88. The van der Waals surface area contributed by atoms with Crippen LogP contribution in [0.15, 0.2) is 36.0 Å². The molecule has 0 amide bonds. The quantitative estimate of drug-likeness (QED) is 0.593. The minimum absolute atomic E-state index is 0.848. The largest absolute Gasteiger partial charge is 0.0985 e. The zero-order valence-electron chi connectivity index (χ0n) is 8.26. The van der Waals surface area contributed by atoms with Gasteiger partial charge in [-0.1, -0.05) is 44.1 Å². The highest BCUT2D eigenvalue weighted by molar-refractivity contribution is 5.45. The zero-order valence-corrected chi connectivity index (χ0v) is 8.26. The lowest BCUT2D eigenvalue weighted by Crippen LogP contribution is -2.09. The highest BCUT2D eigenvalue weighted by Gasteiger charge is 2.20. The van der Waals surface area contributed by atoms with Crippen molar-refractivity contribution in [3.05, 3.63) is 36.0 Å². The van der Waals surface area contributed by atoms with Crippen LogP contribution in [0.25, 0.3) is 0 Å². The molecular weight excluding hydrogens is 156 g/mol. The maximum atomic E-state index is 3.88. The Morgan fingerprint density at radius 3 is 2.62 bits per heavy atom. The first-order chi connectivity index (χ1) is 6.42. The fourth-order valence-corrected chi connectivity index (χ4v) is 2.57. The average molecular weight is 174 g/mol. The second-order valence-electron chi connectivity index (χ2n) is 4.09. The van der Waals surface area contributed by atoms with Crippen LogP contribution in [0.2, 0.25) is 0 Å². The van der Waals surface area contributed by atoms with Gasteiger partial charge in [-0.25, -0.2) is 0 Å². The molecule has 1 saturated carbocycles. The fraction of sp³-hybridized carbons (Fsp3) is 0.538. The van der Waals surface area contributed by atoms with E-state index in [-0.39, 0.29) is 0 Å². The minimum atomic E-state index is 0.848. The van der Waals surface area contributed by atoms with E-state index in [0.29, 0.717) is 0 Å². The first-order valence-corrected chi connectivity index (χ1v) is 5.45. The molecule has 0 radical (unpaired) electrons. The van der Waals surface area contributed by atoms with Gasteiger partial charge in [-0.15, -0.1) is 0 Å². The van der Waals surface area contributed by atoms with Crippen molar-refractivity contribution in [1.82, 2.24) is 0 Å². The average Bonchev–Trinajstić information content (AvgIpc) is 2.67. The number of hydrogen-bond acceptors (Lipinski definition) is 0. The molecule has 0 aromatic carbocycles. The Labute approximate surface area is 81.0 Å². The highest BCUT2D eigenvalue weighted by Crippen LogP contribution is 2.36. The highest BCUT2D eigenvalue weighted by atomic mass is 14.3. The van der Waals surface area contributed by atoms with Gasteiger partial charge in [0.15, 0.2) is 0 Å². The summed E-state index contributed by atoms with van der Waals surface area (Å²) >= 11 is 0. The third-order valence-electron chi connectivity index (χ3n) is 3.27. The second-order valence-corrected chi connectivity index (χ2v) is 4.09. The first-order valence-electron chi connectivity index (χ1n) is 5.45. The fourth-order valence-electron chi connectivity index (χ4n) is 2.57. The number of rotatable bonds is 2. The number of allylic oxidation sites excluding steroid dienone is 5. The summed E-state index contributed by atoms with van der Waals surface area (Å²) < 4.78 is 0. The molecule has 2 aliphatic carbocycles. The monoisotopic (exact) mass is 174 g/mol. The third-order valence-corrected chi connectivity index (χ3v) is 3.27. The van der Waals surface area contributed by atoms with Crippen LogP contribution < -0.4 is 0 Å². The van der Waals surface area contributed by atoms with Gasteiger partial charge in [0.05, 0.1) is 0 Å². The molecule has 0 heterocycles. The van der Waals surface area contributed by atoms with Gasteiger partial charge in [-0.2, -0.15) is 0 Å². The second kappa shape index (κ2) is 3.95. The van der Waals surface area contributed by atoms with Crippen LogP contribution in [0.3, 0.4) is 0 Å². The summed E-state index contributed by atoms with van der Waals surface area (Å²) in [6.07, 6.45) is 14.9. The van der Waals surface area contributed by atoms with E-state index in [0.717, 1.165) is 12.3 Å². The SMILES string of the molecule is C=CC1=CCC=C1C1CCCCC1. The molecule has 70 valence electrons. The van der Waals surface area contributed by atoms with Gasteiger partial charge in [0.1, 0.15) is 0 Å². The van der Waals surface area contributed by atoms with Gasteiger partial charge >= 0.3 is 0 Å². The van der Waals surface area contributed by atoms with E-state index < -0.39 is 0 Å². The number of hydrogen-bond donors (Lipinski definition) is 0. The Balaban J connectivity index is 2.07. The van der Waals surface area contributed by atoms with Crippen molar-refractivity contribution >= 4 is 0 Å². The van der Waals surface area contributed by atoms with E-state index in [1.54, 1.807) is 5.57 Å². The predicted octanol–water partition coefficient (Wildman–Crippen LogP) is 4.01. The predicted molar refractivity (Wildman–Crippen MR) is 57.6 cm³/mol. The van der Waals surface area contributed by atoms with Crippen LogP contribution in [0.1, 0.15) is 38.5 Å². The van der Waals surface area contributed by atoms with Crippen molar-refractivity contribution in [2.24, 2.45) is 5.92 Å². The van der Waals surface area contributed by atoms with Crippen LogP contribution in [-0.4, -0.2) is 0 Å². The van der Waals surface area contributed by atoms with Crippen LogP contribution >= 0.6 is 0 Å². The Morgan fingerprint density at radius 2 is 1.92 bits per heavy atom. The van der Waals surface area contributed by atoms with E-state index in [2.05, 4.69) is 18.7 Å². The molecule has 0 aromatic rings. The van der Waals surface area contributed by atoms with Crippen molar-refractivity contribution in [3.63, 3.8) is 0 Å². The van der Waals surface area contributed by atoms with Crippen molar-refractivity contribution in [2.45, 2.75) is 38.5 Å². The molecule has 1 fully saturated rings. The molecule has 0 aromatic heterocycles. The Hall–Kier alpha value is -0.780. The third kappa shape index (κ3) is 1.77. The van der Waals surface area contributed by atoms with E-state index >= 15 is 0 Å². The Morgan fingerprint density at radius 1 is 1.15 bits per heavy atom. The van der Waals surface area contributed by atoms with Crippen molar-refractivity contribution in [3.8, 4) is 0 Å². The lowest BCUT2D eigenvalue weighted by molar-refractivity contribution is 0.407. The Bertz CT molecular complexity index is 249. The normalized spacial score (nSPS) is 24.0. The topological polar surface area (TPSA) is 0 Å². The van der Waals surface area contributed by atoms with Crippen LogP contribution in [-0.2, 0) is 0 Å². The molecule has 0 saturated heterocycles. The molecule has 0 nitrogen and oxygen atoms in total. The van der Waals surface area contributed by atoms with Gasteiger partial charge in [0.2, 0.25) is 0 Å². The lowest BCUT2D eigenvalue weighted by atomic mass is 9.82. The first kappa shape index (κ1) is 8.80. The van der Waals surface area contributed by atoms with E-state index in [1.165, 1.54) is 37.7 Å². The van der Waals surface area contributed by atoms with Crippen molar-refractivity contribution in [1.29, 1.82) is 0 Å². The van der Waals surface area contributed by atoms with Gasteiger partial charge in [0.25, 0.3) is 0 Å². The van der Waals surface area contributed by atoms with Crippen LogP contribution in [0.5, 0.6) is 0 Å². The van der Waals surface area contributed by atoms with Gasteiger partial charge in [0, 0.05) is 0 Å². The zero-order chi connectivity index (χ0) is 9.10. The van der Waals surface area contributed by atoms with E-state index in [4.69, 9.17) is 0 Å². The smallest absolute Gasteiger partial charge is 0.0154 e. The molecule has 0 bridgehead atoms. The van der Waals surface area contributed by atoms with Crippen LogP contribution in [0, 0.1) is 5.92 Å². The van der Waals surface area contributed by atoms with Gasteiger partial charge in [-0.05, 0) is 36.3 Å². The summed E-state index contributed by atoms with van der Waals surface area (Å²) in [6.45, 7) is 3.88. The molecule has 0 heteroatoms. The van der Waals surface area contributed by atoms with Crippen LogP contribution in [0.4, 0.5) is 0 Å². The summed E-state index contributed by atoms with van der Waals surface area (Å²) in [5.74, 6) is 0.848. The van der Waals surface area contributed by atoms with E-state index in [1.807, 2.05) is 6.08 Å². The summed E-state index contributed by atoms with van der Waals surface area (Å²) in [5.41, 5.74) is 3.00. The van der Waals surface area contributed by atoms with Gasteiger partial charge < -0.3 is 0 Å². The van der Waals surface area contributed by atoms with Crippen molar-refractivity contribution < 1.29 is 0 Å². The molecule has 0 unspecified atom stereocenters. The summed E-state index contributed by atoms with van der Waals surface area (Å²) in [7, 11) is 0. The summed E-state index contributed by atoms with van der Waals surface area (Å²) in [5, 5.41) is 0. The molecule has 0 spiro atoms. The molecular formula is C13H18. The molecule has 0 atom stereocenters. The maximum Gasteiger partial charge on any atom is -0.0154 e. The minimum Gasteiger partial charge on any atom is -0.0985 e. The standard InChI is InChI=1S/C13H18/c1-2-11-9-6-10-13(11)12-7-4-3-5-8-12/h2,9-10,12H,1,3-8H2. The molecule has 2 rings (SSSR count). The molecule has 2 aliphatic rings. The summed E-state index contributed by atoms with van der Waals surface area (Å²) in [4.78, 5) is 0. The molecule has 0 N–H and O–H groups in total. The van der Waals surface area contributed by atoms with Gasteiger partial charge in [-0.3, -0.25) is 0 Å². The van der Waals surface area contributed by atoms with E-state index in [9.17, 15) is 0 Å². The van der Waals surface area contributed by atoms with Crippen molar-refractivity contribution in [2.75, 3.05) is 0 Å².